The molecular weight excluding hydrogens is 272 g/mol. The number of hydrogen-bond donors (Lipinski definition) is 2. The van der Waals surface area contributed by atoms with Gasteiger partial charge in [-0.25, -0.2) is 4.68 Å². The van der Waals surface area contributed by atoms with Crippen molar-refractivity contribution in [1.29, 1.82) is 0 Å². The fraction of sp³-hybridized carbons (Fsp3) is 0.643. The molecule has 2 rings (SSSR count). The summed E-state index contributed by atoms with van der Waals surface area (Å²) in [6, 6.07) is 1.43. The second kappa shape index (κ2) is 6.71. The number of carboxylic acid groups (broad SMARTS) is 1. The molecule has 116 valence electrons. The number of hydrogen-bond acceptors (Lipinski definition) is 4. The smallest absolute Gasteiger partial charge is 0.320 e. The molecule has 0 spiro atoms. The van der Waals surface area contributed by atoms with Crippen LogP contribution in [0.3, 0.4) is 0 Å². The molecule has 1 aromatic heterocycles. The van der Waals surface area contributed by atoms with Crippen LogP contribution in [-0.2, 0) is 9.59 Å². The zero-order valence-electron chi connectivity index (χ0n) is 12.5. The molecule has 1 saturated carbocycles. The van der Waals surface area contributed by atoms with E-state index in [-0.39, 0.29) is 12.5 Å². The van der Waals surface area contributed by atoms with Crippen LogP contribution in [0.15, 0.2) is 12.3 Å². The molecular formula is C14H22N4O3. The van der Waals surface area contributed by atoms with Gasteiger partial charge in [0.1, 0.15) is 11.9 Å². The van der Waals surface area contributed by atoms with Crippen molar-refractivity contribution in [3.8, 4) is 0 Å². The molecule has 2 N–H and O–H groups in total. The van der Waals surface area contributed by atoms with Crippen LogP contribution in [0.1, 0.15) is 38.6 Å². The number of amides is 1. The highest BCUT2D eigenvalue weighted by Gasteiger charge is 2.22. The number of likely N-dealkylation sites (N-methyl/N-ethyl adjacent to an activating group) is 1. The molecule has 1 unspecified atom stereocenters. The number of carboxylic acids is 1. The average Bonchev–Trinajstić information content (AvgIpc) is 3.07. The molecule has 0 saturated heterocycles. The average molecular weight is 294 g/mol. The molecule has 1 atom stereocenters. The molecule has 1 aromatic rings. The standard InChI is InChI=1S/C14H22N4O3/c1-10(14(20)21)17(2)9-13(19)16-12-7-8-15-18(12)11-5-3-4-6-11/h7-8,10-11H,3-6,9H2,1-2H3,(H,16,19)(H,20,21). The van der Waals surface area contributed by atoms with E-state index in [9.17, 15) is 9.59 Å². The minimum atomic E-state index is -0.943. The Kier molecular flexibility index (Phi) is 4.95. The summed E-state index contributed by atoms with van der Waals surface area (Å²) in [5, 5.41) is 16.0. The van der Waals surface area contributed by atoms with Crippen LogP contribution in [0.25, 0.3) is 0 Å². The monoisotopic (exact) mass is 294 g/mol. The highest BCUT2D eigenvalue weighted by atomic mass is 16.4. The topological polar surface area (TPSA) is 87.5 Å². The second-order valence-corrected chi connectivity index (χ2v) is 5.58. The third kappa shape index (κ3) is 3.81. The van der Waals surface area contributed by atoms with E-state index < -0.39 is 12.0 Å². The van der Waals surface area contributed by atoms with E-state index >= 15 is 0 Å². The lowest BCUT2D eigenvalue weighted by Crippen LogP contribution is -2.41. The van der Waals surface area contributed by atoms with Gasteiger partial charge in [0, 0.05) is 6.07 Å². The second-order valence-electron chi connectivity index (χ2n) is 5.58. The Labute approximate surface area is 123 Å². The van der Waals surface area contributed by atoms with Crippen LogP contribution in [0.2, 0.25) is 0 Å². The van der Waals surface area contributed by atoms with Crippen LogP contribution in [-0.4, -0.2) is 51.3 Å². The Morgan fingerprint density at radius 3 is 2.81 bits per heavy atom. The first-order valence-corrected chi connectivity index (χ1v) is 7.25. The molecule has 1 fully saturated rings. The van der Waals surface area contributed by atoms with Gasteiger partial charge in [0.2, 0.25) is 5.91 Å². The first-order chi connectivity index (χ1) is 9.99. The van der Waals surface area contributed by atoms with Gasteiger partial charge in [-0.2, -0.15) is 5.10 Å². The number of nitrogens with zero attached hydrogens (tertiary/aromatic N) is 3. The van der Waals surface area contributed by atoms with E-state index in [1.54, 1.807) is 26.2 Å². The molecule has 0 aliphatic heterocycles. The minimum absolute atomic E-state index is 0.0311. The largest absolute Gasteiger partial charge is 0.480 e. The number of aromatic nitrogens is 2. The van der Waals surface area contributed by atoms with E-state index in [0.717, 1.165) is 12.8 Å². The maximum atomic E-state index is 12.0. The van der Waals surface area contributed by atoms with Gasteiger partial charge in [0.05, 0.1) is 18.8 Å². The van der Waals surface area contributed by atoms with Crippen LogP contribution in [0.5, 0.6) is 0 Å². The molecule has 7 nitrogen and oxygen atoms in total. The minimum Gasteiger partial charge on any atom is -0.480 e. The Hall–Kier alpha value is -1.89. The van der Waals surface area contributed by atoms with Gasteiger partial charge >= 0.3 is 5.97 Å². The van der Waals surface area contributed by atoms with Crippen LogP contribution < -0.4 is 5.32 Å². The van der Waals surface area contributed by atoms with Crippen molar-refractivity contribution in [3.63, 3.8) is 0 Å². The third-order valence-electron chi connectivity index (χ3n) is 4.02. The summed E-state index contributed by atoms with van der Waals surface area (Å²) < 4.78 is 1.87. The van der Waals surface area contributed by atoms with Gasteiger partial charge in [-0.15, -0.1) is 0 Å². The quantitative estimate of drug-likeness (QED) is 0.826. The van der Waals surface area contributed by atoms with Gasteiger partial charge in [0.15, 0.2) is 0 Å². The molecule has 7 heteroatoms. The zero-order chi connectivity index (χ0) is 15.4. The zero-order valence-corrected chi connectivity index (χ0v) is 12.5. The maximum Gasteiger partial charge on any atom is 0.320 e. The summed E-state index contributed by atoms with van der Waals surface area (Å²) in [6.45, 7) is 1.59. The van der Waals surface area contributed by atoms with Crippen molar-refractivity contribution in [3.05, 3.63) is 12.3 Å². The SMILES string of the molecule is CC(C(=O)O)N(C)CC(=O)Nc1ccnn1C1CCCC1. The Morgan fingerprint density at radius 1 is 1.52 bits per heavy atom. The number of nitrogens with one attached hydrogen (secondary N) is 1. The van der Waals surface area contributed by atoms with Gasteiger partial charge < -0.3 is 10.4 Å². The molecule has 21 heavy (non-hydrogen) atoms. The lowest BCUT2D eigenvalue weighted by molar-refractivity contribution is -0.142. The lowest BCUT2D eigenvalue weighted by atomic mass is 10.2. The molecule has 1 heterocycles. The van der Waals surface area contributed by atoms with Gasteiger partial charge in [-0.1, -0.05) is 12.8 Å². The number of aliphatic carboxylic acids is 1. The Morgan fingerprint density at radius 2 is 2.19 bits per heavy atom. The molecule has 0 radical (unpaired) electrons. The number of carbonyl (C=O) groups is 2. The predicted octanol–water partition coefficient (Wildman–Crippen LogP) is 1.34. The van der Waals surface area contributed by atoms with E-state index in [1.807, 2.05) is 4.68 Å². The molecule has 0 aromatic carbocycles. The van der Waals surface area contributed by atoms with Crippen LogP contribution >= 0.6 is 0 Å². The van der Waals surface area contributed by atoms with E-state index in [4.69, 9.17) is 5.11 Å². The summed E-state index contributed by atoms with van der Waals surface area (Å²) in [5.74, 6) is -0.491. The third-order valence-corrected chi connectivity index (χ3v) is 4.02. The van der Waals surface area contributed by atoms with Crippen molar-refractivity contribution in [1.82, 2.24) is 14.7 Å². The predicted molar refractivity (Wildman–Crippen MR) is 78.1 cm³/mol. The first-order valence-electron chi connectivity index (χ1n) is 7.25. The van der Waals surface area contributed by atoms with Gasteiger partial charge in [-0.05, 0) is 26.8 Å². The van der Waals surface area contributed by atoms with E-state index in [0.29, 0.717) is 11.9 Å². The van der Waals surface area contributed by atoms with Gasteiger partial charge in [-0.3, -0.25) is 14.5 Å². The molecule has 1 aliphatic carbocycles. The fourth-order valence-corrected chi connectivity index (χ4v) is 2.59. The number of carbonyl (C=O) groups excluding carboxylic acids is 1. The number of anilines is 1. The molecule has 1 amide bonds. The molecule has 1 aliphatic rings. The van der Waals surface area contributed by atoms with Crippen LogP contribution in [0, 0.1) is 0 Å². The van der Waals surface area contributed by atoms with Crippen molar-refractivity contribution < 1.29 is 14.7 Å². The fourth-order valence-electron chi connectivity index (χ4n) is 2.59. The van der Waals surface area contributed by atoms with E-state index in [1.165, 1.54) is 17.7 Å². The van der Waals surface area contributed by atoms with E-state index in [2.05, 4.69) is 10.4 Å². The normalized spacial score (nSPS) is 17.1. The summed E-state index contributed by atoms with van der Waals surface area (Å²) in [5.41, 5.74) is 0. The Balaban J connectivity index is 1.94. The summed E-state index contributed by atoms with van der Waals surface area (Å²) in [6.07, 6.45) is 6.23. The number of rotatable bonds is 6. The maximum absolute atomic E-state index is 12.0. The summed E-state index contributed by atoms with van der Waals surface area (Å²) in [7, 11) is 1.62. The Bertz CT molecular complexity index is 508. The summed E-state index contributed by atoms with van der Waals surface area (Å²) in [4.78, 5) is 24.4. The first kappa shape index (κ1) is 15.5. The highest BCUT2D eigenvalue weighted by molar-refractivity contribution is 5.91. The van der Waals surface area contributed by atoms with Crippen molar-refractivity contribution in [2.75, 3.05) is 18.9 Å². The lowest BCUT2D eigenvalue weighted by Gasteiger charge is -2.21. The summed E-state index contributed by atoms with van der Waals surface area (Å²) >= 11 is 0. The van der Waals surface area contributed by atoms with Crippen molar-refractivity contribution in [2.24, 2.45) is 0 Å². The van der Waals surface area contributed by atoms with Crippen molar-refractivity contribution >= 4 is 17.7 Å². The van der Waals surface area contributed by atoms with Crippen molar-refractivity contribution in [2.45, 2.75) is 44.7 Å². The molecule has 0 bridgehead atoms. The van der Waals surface area contributed by atoms with Gasteiger partial charge in [0.25, 0.3) is 0 Å². The van der Waals surface area contributed by atoms with Crippen LogP contribution in [0.4, 0.5) is 5.82 Å². The highest BCUT2D eigenvalue weighted by Crippen LogP contribution is 2.31.